The number of hydrogen-bond acceptors (Lipinski definition) is 4. The van der Waals surface area contributed by atoms with Crippen molar-refractivity contribution in [2.45, 2.75) is 6.92 Å². The van der Waals surface area contributed by atoms with E-state index in [4.69, 9.17) is 19.7 Å². The third-order valence-electron chi connectivity index (χ3n) is 2.06. The molecule has 0 amide bonds. The van der Waals surface area contributed by atoms with Crippen LogP contribution in [0.3, 0.4) is 0 Å². The van der Waals surface area contributed by atoms with Crippen molar-refractivity contribution in [3.8, 4) is 11.5 Å². The fourth-order valence-corrected chi connectivity index (χ4v) is 1.34. The molecular formula is C11H12O6. The van der Waals surface area contributed by atoms with Crippen LogP contribution >= 0.6 is 0 Å². The summed E-state index contributed by atoms with van der Waals surface area (Å²) >= 11 is 0. The smallest absolute Gasteiger partial charge is 0.339 e. The van der Waals surface area contributed by atoms with E-state index in [-0.39, 0.29) is 29.2 Å². The summed E-state index contributed by atoms with van der Waals surface area (Å²) in [5.74, 6) is -2.42. The van der Waals surface area contributed by atoms with Crippen LogP contribution in [0.15, 0.2) is 12.1 Å². The Morgan fingerprint density at radius 1 is 1.12 bits per heavy atom. The molecule has 17 heavy (non-hydrogen) atoms. The van der Waals surface area contributed by atoms with Crippen molar-refractivity contribution in [3.63, 3.8) is 0 Å². The van der Waals surface area contributed by atoms with Crippen LogP contribution in [0.5, 0.6) is 11.5 Å². The van der Waals surface area contributed by atoms with Crippen molar-refractivity contribution in [2.75, 3.05) is 13.7 Å². The van der Waals surface area contributed by atoms with Gasteiger partial charge in [0, 0.05) is 0 Å². The van der Waals surface area contributed by atoms with Crippen molar-refractivity contribution in [3.05, 3.63) is 23.3 Å². The molecule has 0 heterocycles. The van der Waals surface area contributed by atoms with Gasteiger partial charge in [0.15, 0.2) is 0 Å². The van der Waals surface area contributed by atoms with E-state index in [1.54, 1.807) is 6.92 Å². The summed E-state index contributed by atoms with van der Waals surface area (Å²) in [5, 5.41) is 17.9. The minimum Gasteiger partial charge on any atom is -0.496 e. The molecule has 0 bridgehead atoms. The topological polar surface area (TPSA) is 93.1 Å². The first-order chi connectivity index (χ1) is 8.01. The van der Waals surface area contributed by atoms with E-state index in [0.717, 1.165) is 12.1 Å². The van der Waals surface area contributed by atoms with Gasteiger partial charge in [0.05, 0.1) is 13.7 Å². The summed E-state index contributed by atoms with van der Waals surface area (Å²) in [6.07, 6.45) is 0. The largest absolute Gasteiger partial charge is 0.496 e. The van der Waals surface area contributed by atoms with Crippen molar-refractivity contribution >= 4 is 11.9 Å². The lowest BCUT2D eigenvalue weighted by Crippen LogP contribution is -2.07. The third-order valence-corrected chi connectivity index (χ3v) is 2.06. The molecule has 1 aromatic rings. The first-order valence-corrected chi connectivity index (χ1v) is 4.82. The predicted octanol–water partition coefficient (Wildman–Crippen LogP) is 1.49. The maximum atomic E-state index is 11.0. The molecule has 0 saturated heterocycles. The SMILES string of the molecule is CCOc1cc(C(=O)O)c(OC)cc1C(=O)O. The molecule has 0 fully saturated rings. The average Bonchev–Trinajstić information content (AvgIpc) is 2.28. The molecule has 0 aliphatic heterocycles. The molecule has 0 atom stereocenters. The van der Waals surface area contributed by atoms with Gasteiger partial charge in [0.25, 0.3) is 0 Å². The Kier molecular flexibility index (Phi) is 3.92. The van der Waals surface area contributed by atoms with Gasteiger partial charge in [-0.25, -0.2) is 9.59 Å². The molecule has 92 valence electrons. The number of carboxylic acids is 2. The Morgan fingerprint density at radius 3 is 2.00 bits per heavy atom. The molecular weight excluding hydrogens is 228 g/mol. The number of carboxylic acid groups (broad SMARTS) is 2. The van der Waals surface area contributed by atoms with Crippen molar-refractivity contribution in [1.82, 2.24) is 0 Å². The van der Waals surface area contributed by atoms with E-state index >= 15 is 0 Å². The minimum atomic E-state index is -1.21. The van der Waals surface area contributed by atoms with Crippen LogP contribution in [-0.2, 0) is 0 Å². The van der Waals surface area contributed by atoms with Gasteiger partial charge in [0.2, 0.25) is 0 Å². The van der Waals surface area contributed by atoms with E-state index < -0.39 is 11.9 Å². The van der Waals surface area contributed by atoms with Crippen LogP contribution in [-0.4, -0.2) is 35.9 Å². The summed E-state index contributed by atoms with van der Waals surface area (Å²) in [4.78, 5) is 21.9. The van der Waals surface area contributed by atoms with Gasteiger partial charge in [-0.3, -0.25) is 0 Å². The Balaban J connectivity index is 3.41. The molecule has 0 saturated carbocycles. The highest BCUT2D eigenvalue weighted by atomic mass is 16.5. The fraction of sp³-hybridized carbons (Fsp3) is 0.273. The predicted molar refractivity (Wildman–Crippen MR) is 58.1 cm³/mol. The summed E-state index contributed by atoms with van der Waals surface area (Å²) in [5.41, 5.74) is -0.269. The van der Waals surface area contributed by atoms with Crippen molar-refractivity contribution < 1.29 is 29.3 Å². The molecule has 0 unspecified atom stereocenters. The Bertz CT molecular complexity index is 452. The Labute approximate surface area is 97.4 Å². The zero-order chi connectivity index (χ0) is 13.0. The molecule has 6 heteroatoms. The quantitative estimate of drug-likeness (QED) is 0.809. The molecule has 6 nitrogen and oxygen atoms in total. The summed E-state index contributed by atoms with van der Waals surface area (Å²) in [6.45, 7) is 1.92. The fourth-order valence-electron chi connectivity index (χ4n) is 1.34. The van der Waals surface area contributed by atoms with Crippen LogP contribution in [0.2, 0.25) is 0 Å². The van der Waals surface area contributed by atoms with E-state index in [0.29, 0.717) is 0 Å². The zero-order valence-electron chi connectivity index (χ0n) is 9.39. The molecule has 0 aliphatic rings. The van der Waals surface area contributed by atoms with Crippen LogP contribution in [0.4, 0.5) is 0 Å². The van der Waals surface area contributed by atoms with Gasteiger partial charge in [-0.2, -0.15) is 0 Å². The minimum absolute atomic E-state index is 0.0122. The molecule has 1 rings (SSSR count). The lowest BCUT2D eigenvalue weighted by atomic mass is 10.1. The highest BCUT2D eigenvalue weighted by molar-refractivity contribution is 5.97. The lowest BCUT2D eigenvalue weighted by Gasteiger charge is -2.11. The monoisotopic (exact) mass is 240 g/mol. The lowest BCUT2D eigenvalue weighted by molar-refractivity contribution is 0.0674. The summed E-state index contributed by atoms with van der Waals surface area (Å²) in [7, 11) is 1.27. The standard InChI is InChI=1S/C11H12O6/c1-3-17-9-5-6(10(12)13)8(16-2)4-7(9)11(14)15/h4-5H,3H2,1-2H3,(H,12,13)(H,14,15). The molecule has 2 N–H and O–H groups in total. The number of hydrogen-bond donors (Lipinski definition) is 2. The number of carbonyl (C=O) groups is 2. The van der Waals surface area contributed by atoms with E-state index in [1.165, 1.54) is 7.11 Å². The molecule has 1 aromatic carbocycles. The van der Waals surface area contributed by atoms with Crippen molar-refractivity contribution in [2.24, 2.45) is 0 Å². The van der Waals surface area contributed by atoms with E-state index in [2.05, 4.69) is 0 Å². The zero-order valence-corrected chi connectivity index (χ0v) is 9.39. The number of aromatic carboxylic acids is 2. The first kappa shape index (κ1) is 12.8. The summed E-state index contributed by atoms with van der Waals surface area (Å²) in [6, 6.07) is 2.28. The molecule has 0 spiro atoms. The normalized spacial score (nSPS) is 9.76. The molecule has 0 aliphatic carbocycles. The molecule has 0 radical (unpaired) electrons. The highest BCUT2D eigenvalue weighted by Gasteiger charge is 2.19. The van der Waals surface area contributed by atoms with Gasteiger partial charge in [0.1, 0.15) is 22.6 Å². The second-order valence-corrected chi connectivity index (χ2v) is 3.09. The maximum absolute atomic E-state index is 11.0. The van der Waals surface area contributed by atoms with Crippen LogP contribution < -0.4 is 9.47 Å². The van der Waals surface area contributed by atoms with Crippen LogP contribution in [0.1, 0.15) is 27.6 Å². The highest BCUT2D eigenvalue weighted by Crippen LogP contribution is 2.29. The number of benzene rings is 1. The van der Waals surface area contributed by atoms with Gasteiger partial charge in [-0.15, -0.1) is 0 Å². The Hall–Kier alpha value is -2.24. The van der Waals surface area contributed by atoms with Gasteiger partial charge < -0.3 is 19.7 Å². The van der Waals surface area contributed by atoms with Gasteiger partial charge in [-0.05, 0) is 19.1 Å². The van der Waals surface area contributed by atoms with E-state index in [1.807, 2.05) is 0 Å². The Morgan fingerprint density at radius 2 is 1.59 bits per heavy atom. The molecule has 0 aromatic heterocycles. The maximum Gasteiger partial charge on any atom is 0.339 e. The van der Waals surface area contributed by atoms with Crippen LogP contribution in [0, 0.1) is 0 Å². The second kappa shape index (κ2) is 5.20. The second-order valence-electron chi connectivity index (χ2n) is 3.09. The third kappa shape index (κ3) is 2.66. The number of methoxy groups -OCH3 is 1. The average molecular weight is 240 g/mol. The van der Waals surface area contributed by atoms with E-state index in [9.17, 15) is 9.59 Å². The van der Waals surface area contributed by atoms with Gasteiger partial charge >= 0.3 is 11.9 Å². The van der Waals surface area contributed by atoms with Crippen molar-refractivity contribution in [1.29, 1.82) is 0 Å². The number of ether oxygens (including phenoxy) is 2. The van der Waals surface area contributed by atoms with Gasteiger partial charge in [-0.1, -0.05) is 0 Å². The number of rotatable bonds is 5. The first-order valence-electron chi connectivity index (χ1n) is 4.82. The van der Waals surface area contributed by atoms with Crippen LogP contribution in [0.25, 0.3) is 0 Å². The summed E-state index contributed by atoms with van der Waals surface area (Å²) < 4.78 is 9.92.